The van der Waals surface area contributed by atoms with Gasteiger partial charge in [0.15, 0.2) is 6.33 Å². The van der Waals surface area contributed by atoms with Gasteiger partial charge >= 0.3 is 29.8 Å². The number of carbonyl (C=O) groups excluding carboxylic acids is 3. The maximum absolute atomic E-state index is 13.6. The summed E-state index contributed by atoms with van der Waals surface area (Å²) in [5.41, 5.74) is -0.434. The van der Waals surface area contributed by atoms with Gasteiger partial charge < -0.3 is 20.1 Å². The molecule has 1 aliphatic heterocycles. The minimum atomic E-state index is -4.78. The van der Waals surface area contributed by atoms with Crippen molar-refractivity contribution in [2.75, 3.05) is 17.7 Å². The van der Waals surface area contributed by atoms with Gasteiger partial charge in [-0.25, -0.2) is 33.9 Å². The number of aromatic nitrogens is 2. The molecule has 0 saturated heterocycles. The standard InChI is InChI=1S/C33H30F3N7O5/c1-32(2,3)48-31(46)42(4)27-26-28(38-18-37-27)43(19-39-26)25-12-10-23(11-13-25)40-30(45)41-24-15-21(14-22(16-24)33(34,35)36)29(44)47-17-20-8-6-5-7-9-20/h5-16,18-19H,17H2,1-4H3,(H2,40,41,45)/p+1. The van der Waals surface area contributed by atoms with E-state index in [1.54, 1.807) is 87.0 Å². The summed E-state index contributed by atoms with van der Waals surface area (Å²) in [5, 5.41) is 8.23. The van der Waals surface area contributed by atoms with Crippen LogP contribution in [0.15, 0.2) is 79.1 Å². The Morgan fingerprint density at radius 1 is 0.958 bits per heavy atom. The third kappa shape index (κ3) is 8.00. The number of imidazole rings is 1. The molecule has 2 heterocycles. The minimum Gasteiger partial charge on any atom is -0.457 e. The Hall–Kier alpha value is -6.08. The van der Waals surface area contributed by atoms with Crippen molar-refractivity contribution >= 4 is 41.6 Å². The number of urea groups is 1. The first-order chi connectivity index (χ1) is 22.7. The van der Waals surface area contributed by atoms with Gasteiger partial charge in [-0.3, -0.25) is 4.90 Å². The van der Waals surface area contributed by atoms with E-state index in [9.17, 15) is 27.6 Å². The smallest absolute Gasteiger partial charge is 0.416 e. The Kier molecular flexibility index (Phi) is 9.25. The monoisotopic (exact) mass is 662 g/mol. The minimum absolute atomic E-state index is 0.136. The first-order valence-corrected chi connectivity index (χ1v) is 14.5. The zero-order chi connectivity index (χ0) is 34.6. The second kappa shape index (κ2) is 13.3. The number of fused-ring (bicyclic) bond motifs is 1. The molecule has 0 spiro atoms. The number of benzene rings is 3. The third-order valence-electron chi connectivity index (χ3n) is 6.73. The van der Waals surface area contributed by atoms with Gasteiger partial charge in [0, 0.05) is 18.4 Å². The molecule has 0 atom stereocenters. The van der Waals surface area contributed by atoms with Gasteiger partial charge in [-0.1, -0.05) is 30.3 Å². The number of esters is 1. The van der Waals surface area contributed by atoms with Crippen LogP contribution in [0.4, 0.5) is 34.1 Å². The SMILES string of the molecule is CN(C(=O)OC(C)(C)C)C1=c2ncn(-c3ccc(NC(=O)Nc4cc(C(=O)OCc5ccccc5)cc(C(F)(F)F)c4)cc3)c2=[N+]=CN1. The highest BCUT2D eigenvalue weighted by atomic mass is 19.4. The molecular formula is C33H31F3N7O5+. The van der Waals surface area contributed by atoms with Crippen LogP contribution in [0, 0.1) is 0 Å². The van der Waals surface area contributed by atoms with E-state index in [0.29, 0.717) is 39.7 Å². The summed E-state index contributed by atoms with van der Waals surface area (Å²) >= 11 is 0. The van der Waals surface area contributed by atoms with Gasteiger partial charge in [-0.15, -0.1) is 0 Å². The number of nitrogens with zero attached hydrogens (tertiary/aromatic N) is 4. The molecule has 48 heavy (non-hydrogen) atoms. The largest absolute Gasteiger partial charge is 0.457 e. The highest BCUT2D eigenvalue weighted by Crippen LogP contribution is 2.32. The average molecular weight is 663 g/mol. The van der Waals surface area contributed by atoms with Crippen molar-refractivity contribution in [1.29, 1.82) is 0 Å². The topological polar surface area (TPSA) is 141 Å². The molecule has 5 rings (SSSR count). The summed E-state index contributed by atoms with van der Waals surface area (Å²) in [5.74, 6) is -0.614. The van der Waals surface area contributed by atoms with Crippen molar-refractivity contribution in [1.82, 2.24) is 24.4 Å². The first-order valence-electron chi connectivity index (χ1n) is 14.5. The second-order valence-electron chi connectivity index (χ2n) is 11.6. The van der Waals surface area contributed by atoms with Crippen LogP contribution < -0.4 is 31.5 Å². The molecule has 3 N–H and O–H groups in total. The molecule has 0 bridgehead atoms. The zero-order valence-electron chi connectivity index (χ0n) is 26.3. The third-order valence-corrected chi connectivity index (χ3v) is 6.73. The van der Waals surface area contributed by atoms with Crippen LogP contribution >= 0.6 is 0 Å². The number of alkyl halides is 3. The maximum Gasteiger partial charge on any atom is 0.416 e. The number of anilines is 2. The predicted octanol–water partition coefficient (Wildman–Crippen LogP) is 4.14. The van der Waals surface area contributed by atoms with E-state index in [2.05, 4.69) is 25.6 Å². The lowest BCUT2D eigenvalue weighted by atomic mass is 10.1. The van der Waals surface area contributed by atoms with Gasteiger partial charge in [0.25, 0.3) is 6.34 Å². The van der Waals surface area contributed by atoms with E-state index in [4.69, 9.17) is 9.47 Å². The van der Waals surface area contributed by atoms with Crippen molar-refractivity contribution in [2.24, 2.45) is 0 Å². The zero-order valence-corrected chi connectivity index (χ0v) is 26.3. The fourth-order valence-corrected chi connectivity index (χ4v) is 4.51. The maximum atomic E-state index is 13.6. The van der Waals surface area contributed by atoms with Crippen molar-refractivity contribution < 1.29 is 37.0 Å². The molecule has 3 amide bonds. The van der Waals surface area contributed by atoms with Gasteiger partial charge in [0.1, 0.15) is 17.9 Å². The van der Waals surface area contributed by atoms with E-state index in [1.165, 1.54) is 17.6 Å². The second-order valence-corrected chi connectivity index (χ2v) is 11.6. The molecule has 0 radical (unpaired) electrons. The van der Waals surface area contributed by atoms with Crippen LogP contribution in [0.1, 0.15) is 42.3 Å². The van der Waals surface area contributed by atoms with Gasteiger partial charge in [0.2, 0.25) is 11.2 Å². The normalized spacial score (nSPS) is 12.3. The number of hydrogen-bond donors (Lipinski definition) is 3. The summed E-state index contributed by atoms with van der Waals surface area (Å²) < 4.78 is 57.6. The van der Waals surface area contributed by atoms with Crippen LogP contribution in [-0.4, -0.2) is 51.5 Å². The van der Waals surface area contributed by atoms with Gasteiger partial charge in [-0.2, -0.15) is 13.2 Å². The fourth-order valence-electron chi connectivity index (χ4n) is 4.51. The Balaban J connectivity index is 1.30. The molecule has 12 nitrogen and oxygen atoms in total. The lowest BCUT2D eigenvalue weighted by Crippen LogP contribution is -2.48. The molecule has 248 valence electrons. The van der Waals surface area contributed by atoms with Gasteiger partial charge in [0.05, 0.1) is 11.1 Å². The molecule has 0 saturated carbocycles. The predicted molar refractivity (Wildman–Crippen MR) is 170 cm³/mol. The molecule has 1 aliphatic rings. The highest BCUT2D eigenvalue weighted by molar-refractivity contribution is 6.01. The summed E-state index contributed by atoms with van der Waals surface area (Å²) in [6.45, 7) is 5.14. The van der Waals surface area contributed by atoms with Crippen LogP contribution in [-0.2, 0) is 22.3 Å². The molecule has 3 aromatic carbocycles. The first kappa shape index (κ1) is 33.3. The van der Waals surface area contributed by atoms with Crippen LogP contribution in [0.5, 0.6) is 0 Å². The Morgan fingerprint density at radius 2 is 1.65 bits per heavy atom. The number of hydrogen-bond acceptors (Lipinski definition) is 7. The summed E-state index contributed by atoms with van der Waals surface area (Å²) in [6.07, 6.45) is -2.43. The fraction of sp³-hybridized carbons (Fsp3) is 0.212. The molecular weight excluding hydrogens is 631 g/mol. The van der Waals surface area contributed by atoms with E-state index >= 15 is 0 Å². The highest BCUT2D eigenvalue weighted by Gasteiger charge is 2.32. The summed E-state index contributed by atoms with van der Waals surface area (Å²) in [4.78, 5) is 43.7. The van der Waals surface area contributed by atoms with E-state index < -0.39 is 35.4 Å². The van der Waals surface area contributed by atoms with Crippen molar-refractivity contribution in [3.63, 3.8) is 0 Å². The number of rotatable bonds is 7. The number of nitrogens with one attached hydrogen (secondary N) is 3. The molecule has 0 fully saturated rings. The van der Waals surface area contributed by atoms with Crippen molar-refractivity contribution in [3.05, 3.63) is 107 Å². The van der Waals surface area contributed by atoms with E-state index in [-0.39, 0.29) is 17.9 Å². The summed E-state index contributed by atoms with van der Waals surface area (Å²) in [7, 11) is 1.54. The molecule has 4 aromatic rings. The average Bonchev–Trinajstić information content (AvgIpc) is 3.47. The Bertz CT molecular complexity index is 2020. The number of ether oxygens (including phenoxy) is 2. The number of carbonyl (C=O) groups is 3. The molecule has 15 heteroatoms. The van der Waals surface area contributed by atoms with Crippen molar-refractivity contribution in [2.45, 2.75) is 39.2 Å². The lowest BCUT2D eigenvalue weighted by molar-refractivity contribution is -0.137. The van der Waals surface area contributed by atoms with Crippen LogP contribution in [0.3, 0.4) is 0 Å². The summed E-state index contributed by atoms with van der Waals surface area (Å²) in [6, 6.07) is 16.8. The van der Waals surface area contributed by atoms with E-state index in [1.807, 2.05) is 0 Å². The molecule has 1 aromatic heterocycles. The Morgan fingerprint density at radius 3 is 2.31 bits per heavy atom. The Labute approximate surface area is 272 Å². The van der Waals surface area contributed by atoms with E-state index in [0.717, 1.165) is 12.1 Å². The molecule has 0 aliphatic carbocycles. The quantitative estimate of drug-likeness (QED) is 0.200. The lowest BCUT2D eigenvalue weighted by Gasteiger charge is -2.24. The van der Waals surface area contributed by atoms with Gasteiger partial charge in [-0.05, 0) is 68.8 Å². The number of halogens is 3. The van der Waals surface area contributed by atoms with Crippen LogP contribution in [0.2, 0.25) is 0 Å². The van der Waals surface area contributed by atoms with Crippen LogP contribution in [0.25, 0.3) is 11.5 Å². The number of amides is 3. The van der Waals surface area contributed by atoms with Crippen molar-refractivity contribution in [3.8, 4) is 5.69 Å². The molecule has 0 unspecified atom stereocenters.